The van der Waals surface area contributed by atoms with Gasteiger partial charge in [-0.3, -0.25) is 4.79 Å². The van der Waals surface area contributed by atoms with Crippen molar-refractivity contribution in [3.63, 3.8) is 0 Å². The Balaban J connectivity index is 2.06. The highest BCUT2D eigenvalue weighted by Gasteiger charge is 2.34. The van der Waals surface area contributed by atoms with E-state index in [2.05, 4.69) is 15.0 Å². The fourth-order valence-corrected chi connectivity index (χ4v) is 4.05. The number of halogens is 6. The van der Waals surface area contributed by atoms with Gasteiger partial charge in [0.15, 0.2) is 17.5 Å². The molecule has 0 spiro atoms. The van der Waals surface area contributed by atoms with Crippen LogP contribution in [0, 0.1) is 0 Å². The van der Waals surface area contributed by atoms with E-state index in [1.165, 1.54) is 0 Å². The third kappa shape index (κ3) is 4.97. The van der Waals surface area contributed by atoms with Crippen molar-refractivity contribution >= 4 is 97.4 Å². The van der Waals surface area contributed by atoms with E-state index in [0.717, 1.165) is 16.3 Å². The molecule has 6 nitrogen and oxygen atoms in total. The molecule has 0 aliphatic carbocycles. The molecular formula is C21H14Cl6N4O2. The molecule has 0 amide bonds. The van der Waals surface area contributed by atoms with Crippen molar-refractivity contribution < 1.29 is 9.53 Å². The Morgan fingerprint density at radius 3 is 2.09 bits per heavy atom. The fraction of sp³-hybridized carbons (Fsp3) is 0.238. The standard InChI is InChI=1S/C21H14Cl6N4O2/c1-2-33-15(32)10-31-14-9-4-3-6-11(14)12-7-5-8-13(16(12)31)17-28-18(20(22,23)24)30-19(29-17)21(25,26)27/h3-9H,2,10H2,1H3. The van der Waals surface area contributed by atoms with Gasteiger partial charge in [-0.15, -0.1) is 0 Å². The molecule has 2 aromatic carbocycles. The van der Waals surface area contributed by atoms with E-state index in [-0.39, 0.29) is 30.6 Å². The lowest BCUT2D eigenvalue weighted by Crippen LogP contribution is -2.17. The van der Waals surface area contributed by atoms with Crippen LogP contribution in [0.3, 0.4) is 0 Å². The first-order valence-electron chi connectivity index (χ1n) is 9.57. The van der Waals surface area contributed by atoms with Crippen molar-refractivity contribution in [2.75, 3.05) is 6.61 Å². The first-order valence-corrected chi connectivity index (χ1v) is 11.8. The van der Waals surface area contributed by atoms with Gasteiger partial charge in [-0.1, -0.05) is 99.9 Å². The predicted molar refractivity (Wildman–Crippen MR) is 133 cm³/mol. The number of ether oxygens (including phenoxy) is 1. The van der Waals surface area contributed by atoms with Crippen molar-refractivity contribution in [1.29, 1.82) is 0 Å². The van der Waals surface area contributed by atoms with E-state index in [1.807, 2.05) is 41.0 Å². The lowest BCUT2D eigenvalue weighted by atomic mass is 10.1. The number of hydrogen-bond donors (Lipinski definition) is 0. The fourth-order valence-electron chi connectivity index (χ4n) is 3.54. The summed E-state index contributed by atoms with van der Waals surface area (Å²) in [5, 5.41) is 1.79. The number of nitrogens with zero attached hydrogens (tertiary/aromatic N) is 4. The molecule has 0 saturated heterocycles. The van der Waals surface area contributed by atoms with Crippen LogP contribution >= 0.6 is 69.6 Å². The molecule has 12 heteroatoms. The highest BCUT2D eigenvalue weighted by molar-refractivity contribution is 6.67. The number of fused-ring (bicyclic) bond motifs is 3. The van der Waals surface area contributed by atoms with Gasteiger partial charge in [0.25, 0.3) is 0 Å². The molecule has 0 fully saturated rings. The van der Waals surface area contributed by atoms with Crippen LogP contribution in [0.25, 0.3) is 33.2 Å². The molecule has 0 bridgehead atoms. The first kappa shape index (κ1) is 24.6. The molecule has 0 atom stereocenters. The van der Waals surface area contributed by atoms with Gasteiger partial charge in [-0.2, -0.15) is 0 Å². The van der Waals surface area contributed by atoms with Crippen LogP contribution in [0.5, 0.6) is 0 Å². The van der Waals surface area contributed by atoms with Crippen LogP contribution in [-0.2, 0) is 23.7 Å². The number of benzene rings is 2. The van der Waals surface area contributed by atoms with Gasteiger partial charge in [0, 0.05) is 21.9 Å². The molecule has 4 aromatic rings. The largest absolute Gasteiger partial charge is 0.465 e. The third-order valence-corrected chi connectivity index (χ3v) is 5.78. The van der Waals surface area contributed by atoms with Crippen molar-refractivity contribution in [2.24, 2.45) is 0 Å². The Kier molecular flexibility index (Phi) is 6.89. The monoisotopic (exact) mass is 564 g/mol. The Bertz CT molecular complexity index is 1330. The second-order valence-electron chi connectivity index (χ2n) is 6.91. The second kappa shape index (κ2) is 9.25. The Morgan fingerprint density at radius 1 is 0.879 bits per heavy atom. The topological polar surface area (TPSA) is 69.9 Å². The van der Waals surface area contributed by atoms with Gasteiger partial charge < -0.3 is 9.30 Å². The predicted octanol–water partition coefficient (Wildman–Crippen LogP) is 6.86. The van der Waals surface area contributed by atoms with Crippen LogP contribution in [-0.4, -0.2) is 32.1 Å². The molecule has 0 aliphatic rings. The highest BCUT2D eigenvalue weighted by Crippen LogP contribution is 2.42. The zero-order valence-corrected chi connectivity index (χ0v) is 21.4. The lowest BCUT2D eigenvalue weighted by molar-refractivity contribution is -0.143. The summed E-state index contributed by atoms with van der Waals surface area (Å²) in [5.74, 6) is -0.687. The van der Waals surface area contributed by atoms with Gasteiger partial charge in [0.05, 0.1) is 12.1 Å². The van der Waals surface area contributed by atoms with Crippen LogP contribution in [0.4, 0.5) is 0 Å². The summed E-state index contributed by atoms with van der Waals surface area (Å²) in [6, 6.07) is 13.2. The average Bonchev–Trinajstić information content (AvgIpc) is 3.06. The number of aromatic nitrogens is 4. The molecule has 172 valence electrons. The lowest BCUT2D eigenvalue weighted by Gasteiger charge is -2.16. The zero-order chi connectivity index (χ0) is 24.0. The summed E-state index contributed by atoms with van der Waals surface area (Å²) in [6.45, 7) is 1.97. The van der Waals surface area contributed by atoms with E-state index in [9.17, 15) is 4.79 Å². The summed E-state index contributed by atoms with van der Waals surface area (Å²) < 4.78 is 3.02. The summed E-state index contributed by atoms with van der Waals surface area (Å²) in [7, 11) is 0. The number of carbonyl (C=O) groups is 1. The minimum absolute atomic E-state index is 0.0332. The number of carbonyl (C=O) groups excluding carboxylic acids is 1. The van der Waals surface area contributed by atoms with Crippen LogP contribution in [0.2, 0.25) is 0 Å². The van der Waals surface area contributed by atoms with Crippen molar-refractivity contribution in [2.45, 2.75) is 21.1 Å². The SMILES string of the molecule is CCOC(=O)Cn1c2ccccc2c2cccc(-c3nc(C(Cl)(Cl)Cl)nc(C(Cl)(Cl)Cl)n3)c21. The molecule has 0 aliphatic heterocycles. The van der Waals surface area contributed by atoms with Crippen molar-refractivity contribution in [3.8, 4) is 11.4 Å². The van der Waals surface area contributed by atoms with Gasteiger partial charge in [0.2, 0.25) is 7.59 Å². The molecule has 2 aromatic heterocycles. The number of hydrogen-bond acceptors (Lipinski definition) is 5. The Hall–Kier alpha value is -1.54. The molecule has 0 radical (unpaired) electrons. The molecule has 0 saturated carbocycles. The van der Waals surface area contributed by atoms with E-state index in [0.29, 0.717) is 11.1 Å². The minimum atomic E-state index is -1.99. The van der Waals surface area contributed by atoms with Gasteiger partial charge in [0.1, 0.15) is 6.54 Å². The minimum Gasteiger partial charge on any atom is -0.465 e. The van der Waals surface area contributed by atoms with Crippen LogP contribution < -0.4 is 0 Å². The number of para-hydroxylation sites is 2. The molecule has 0 unspecified atom stereocenters. The van der Waals surface area contributed by atoms with Crippen LogP contribution in [0.15, 0.2) is 42.5 Å². The Morgan fingerprint density at radius 2 is 1.48 bits per heavy atom. The normalized spacial score (nSPS) is 12.5. The summed E-state index contributed by atoms with van der Waals surface area (Å²) in [5.41, 5.74) is 2.02. The Labute approximate surface area is 218 Å². The highest BCUT2D eigenvalue weighted by atomic mass is 35.6. The van der Waals surface area contributed by atoms with E-state index in [4.69, 9.17) is 74.3 Å². The van der Waals surface area contributed by atoms with E-state index >= 15 is 0 Å². The maximum Gasteiger partial charge on any atom is 0.325 e. The number of alkyl halides is 6. The molecule has 4 rings (SSSR count). The molecule has 2 heterocycles. The van der Waals surface area contributed by atoms with Gasteiger partial charge in [-0.05, 0) is 19.1 Å². The quantitative estimate of drug-likeness (QED) is 0.199. The van der Waals surface area contributed by atoms with E-state index in [1.54, 1.807) is 13.0 Å². The molecular weight excluding hydrogens is 553 g/mol. The van der Waals surface area contributed by atoms with Crippen molar-refractivity contribution in [1.82, 2.24) is 19.5 Å². The zero-order valence-electron chi connectivity index (χ0n) is 16.8. The second-order valence-corrected chi connectivity index (χ2v) is 11.5. The average molecular weight is 567 g/mol. The third-order valence-electron chi connectivity index (χ3n) is 4.77. The van der Waals surface area contributed by atoms with Gasteiger partial charge >= 0.3 is 5.97 Å². The number of esters is 1. The summed E-state index contributed by atoms with van der Waals surface area (Å²) in [4.78, 5) is 25.1. The molecule has 0 N–H and O–H groups in total. The van der Waals surface area contributed by atoms with Crippen molar-refractivity contribution in [3.05, 3.63) is 54.1 Å². The smallest absolute Gasteiger partial charge is 0.325 e. The van der Waals surface area contributed by atoms with Gasteiger partial charge in [-0.25, -0.2) is 15.0 Å². The summed E-state index contributed by atoms with van der Waals surface area (Å²) >= 11 is 36.2. The summed E-state index contributed by atoms with van der Waals surface area (Å²) in [6.07, 6.45) is 0. The number of rotatable bonds is 4. The van der Waals surface area contributed by atoms with Crippen LogP contribution in [0.1, 0.15) is 18.6 Å². The first-order chi connectivity index (χ1) is 15.5. The van der Waals surface area contributed by atoms with E-state index < -0.39 is 13.6 Å². The maximum absolute atomic E-state index is 12.4. The molecule has 33 heavy (non-hydrogen) atoms. The maximum atomic E-state index is 12.4.